The molecule has 4 rings (SSSR count). The molecular weight excluding hydrogens is 676 g/mol. The Kier molecular flexibility index (Phi) is 12.9. The first-order chi connectivity index (χ1) is 21.4. The minimum atomic E-state index is -3.76. The fraction of sp³-hybridized carbons (Fsp3) is 0.394. The monoisotopic (exact) mass is 711 g/mol. The van der Waals surface area contributed by atoms with E-state index in [2.05, 4.69) is 5.32 Å². The van der Waals surface area contributed by atoms with Crippen molar-refractivity contribution in [3.05, 3.63) is 97.9 Å². The van der Waals surface area contributed by atoms with Gasteiger partial charge >= 0.3 is 0 Å². The van der Waals surface area contributed by atoms with Crippen LogP contribution in [0, 0.1) is 0 Å². The van der Waals surface area contributed by atoms with E-state index in [0.29, 0.717) is 20.6 Å². The van der Waals surface area contributed by atoms with E-state index in [1.807, 2.05) is 30.3 Å². The fourth-order valence-electron chi connectivity index (χ4n) is 5.61. The third-order valence-corrected chi connectivity index (χ3v) is 10.4. The predicted molar refractivity (Wildman–Crippen MR) is 184 cm³/mol. The zero-order valence-electron chi connectivity index (χ0n) is 25.0. The lowest BCUT2D eigenvalue weighted by Gasteiger charge is -2.34. The second-order valence-corrected chi connectivity index (χ2v) is 14.9. The summed E-state index contributed by atoms with van der Waals surface area (Å²) >= 11 is 25.6. The van der Waals surface area contributed by atoms with Gasteiger partial charge in [0.25, 0.3) is 0 Å². The summed E-state index contributed by atoms with van der Waals surface area (Å²) in [4.78, 5) is 29.7. The Morgan fingerprint density at radius 2 is 1.56 bits per heavy atom. The number of nitrogens with zero attached hydrogens (tertiary/aromatic N) is 2. The molecule has 45 heavy (non-hydrogen) atoms. The Hall–Kier alpha value is -2.49. The maximum atomic E-state index is 14.1. The van der Waals surface area contributed by atoms with Gasteiger partial charge < -0.3 is 10.2 Å². The summed E-state index contributed by atoms with van der Waals surface area (Å²) in [6.07, 6.45) is 6.46. The lowest BCUT2D eigenvalue weighted by Crippen LogP contribution is -2.53. The summed E-state index contributed by atoms with van der Waals surface area (Å²) in [5.74, 6) is -0.581. The lowest BCUT2D eigenvalue weighted by molar-refractivity contribution is -0.141. The summed E-state index contributed by atoms with van der Waals surface area (Å²) in [6, 6.07) is 18.4. The summed E-state index contributed by atoms with van der Waals surface area (Å²) in [7, 11) is -3.76. The van der Waals surface area contributed by atoms with Crippen molar-refractivity contribution in [3.8, 4) is 0 Å². The molecule has 7 nitrogen and oxygen atoms in total. The molecule has 0 unspecified atom stereocenters. The molecule has 0 bridgehead atoms. The number of benzene rings is 3. The quantitative estimate of drug-likeness (QED) is 0.195. The van der Waals surface area contributed by atoms with Crippen LogP contribution in [-0.2, 0) is 32.6 Å². The molecule has 242 valence electrons. The van der Waals surface area contributed by atoms with E-state index in [1.54, 1.807) is 24.3 Å². The van der Waals surface area contributed by atoms with Crippen LogP contribution in [-0.4, -0.2) is 50.0 Å². The molecule has 3 aromatic rings. The van der Waals surface area contributed by atoms with Gasteiger partial charge in [-0.2, -0.15) is 0 Å². The molecule has 0 heterocycles. The van der Waals surface area contributed by atoms with Crippen LogP contribution in [0.4, 0.5) is 5.69 Å². The van der Waals surface area contributed by atoms with Crippen molar-refractivity contribution in [1.82, 2.24) is 10.2 Å². The molecule has 0 aromatic heterocycles. The molecule has 1 aliphatic rings. The SMILES string of the molecule is CS(=O)(=O)N(CCCC(=O)N(Cc1c(Cl)cccc1Cl)[C@H](Cc1ccccc1)C(=O)NC1CCCCC1)c1cc(Cl)ccc1Cl. The third kappa shape index (κ3) is 10.00. The van der Waals surface area contributed by atoms with Gasteiger partial charge in [0.15, 0.2) is 0 Å². The molecular formula is C33H37Cl4N3O4S. The highest BCUT2D eigenvalue weighted by atomic mass is 35.5. The number of halogens is 4. The number of carbonyl (C=O) groups excluding carboxylic acids is 2. The maximum absolute atomic E-state index is 14.1. The van der Waals surface area contributed by atoms with E-state index in [-0.39, 0.29) is 60.9 Å². The number of anilines is 1. The van der Waals surface area contributed by atoms with Crippen LogP contribution in [0.3, 0.4) is 0 Å². The van der Waals surface area contributed by atoms with Gasteiger partial charge in [0.2, 0.25) is 21.8 Å². The average Bonchev–Trinajstić information content (AvgIpc) is 3.00. The first-order valence-electron chi connectivity index (χ1n) is 14.9. The Morgan fingerprint density at radius 3 is 2.20 bits per heavy atom. The zero-order valence-corrected chi connectivity index (χ0v) is 28.9. The van der Waals surface area contributed by atoms with Gasteiger partial charge in [-0.1, -0.05) is 102 Å². The number of sulfonamides is 1. The van der Waals surface area contributed by atoms with Gasteiger partial charge in [0, 0.05) is 52.6 Å². The van der Waals surface area contributed by atoms with Crippen LogP contribution in [0.5, 0.6) is 0 Å². The number of carbonyl (C=O) groups is 2. The standard InChI is InChI=1S/C33H37Cl4N3O4S/c1-45(43,44)40(30-21-24(34)17-18-29(30)37)19-9-16-32(41)39(22-26-27(35)14-8-15-28(26)36)31(20-23-10-4-2-5-11-23)33(42)38-25-12-6-3-7-13-25/h2,4-5,8,10-11,14-15,17-18,21,25,31H,3,6-7,9,12-13,16,19-20,22H2,1H3,(H,38,42)/t31-/m1/s1. The number of hydrogen-bond donors (Lipinski definition) is 1. The van der Waals surface area contributed by atoms with E-state index in [1.165, 1.54) is 17.0 Å². The minimum absolute atomic E-state index is 0.00282. The second kappa shape index (κ2) is 16.4. The third-order valence-electron chi connectivity index (χ3n) is 7.94. The molecule has 1 atom stereocenters. The van der Waals surface area contributed by atoms with E-state index in [4.69, 9.17) is 46.4 Å². The van der Waals surface area contributed by atoms with Crippen molar-refractivity contribution < 1.29 is 18.0 Å². The second-order valence-electron chi connectivity index (χ2n) is 11.3. The topological polar surface area (TPSA) is 86.8 Å². The average molecular weight is 714 g/mol. The number of nitrogens with one attached hydrogen (secondary N) is 1. The first-order valence-corrected chi connectivity index (χ1v) is 18.3. The van der Waals surface area contributed by atoms with Crippen LogP contribution in [0.1, 0.15) is 56.1 Å². The van der Waals surface area contributed by atoms with Crippen LogP contribution in [0.25, 0.3) is 0 Å². The molecule has 0 spiro atoms. The molecule has 2 amide bonds. The minimum Gasteiger partial charge on any atom is -0.352 e. The molecule has 0 aliphatic heterocycles. The van der Waals surface area contributed by atoms with Gasteiger partial charge in [0.1, 0.15) is 6.04 Å². The van der Waals surface area contributed by atoms with Crippen molar-refractivity contribution in [2.75, 3.05) is 17.1 Å². The van der Waals surface area contributed by atoms with Gasteiger partial charge in [-0.05, 0) is 55.2 Å². The predicted octanol–water partition coefficient (Wildman–Crippen LogP) is 7.94. The largest absolute Gasteiger partial charge is 0.352 e. The summed E-state index contributed by atoms with van der Waals surface area (Å²) in [5, 5.41) is 4.51. The number of amides is 2. The highest BCUT2D eigenvalue weighted by Gasteiger charge is 2.33. The Bertz CT molecular complexity index is 1560. The van der Waals surface area contributed by atoms with Gasteiger partial charge in [-0.3, -0.25) is 13.9 Å². The first kappa shape index (κ1) is 35.4. The van der Waals surface area contributed by atoms with Crippen molar-refractivity contribution in [2.24, 2.45) is 0 Å². The van der Waals surface area contributed by atoms with Crippen molar-refractivity contribution in [3.63, 3.8) is 0 Å². The van der Waals surface area contributed by atoms with Crippen molar-refractivity contribution in [2.45, 2.75) is 70.0 Å². The Balaban J connectivity index is 1.64. The Morgan fingerprint density at radius 1 is 0.889 bits per heavy atom. The summed E-state index contributed by atoms with van der Waals surface area (Å²) < 4.78 is 26.7. The van der Waals surface area contributed by atoms with E-state index >= 15 is 0 Å². The molecule has 1 saturated carbocycles. The zero-order chi connectivity index (χ0) is 32.6. The van der Waals surface area contributed by atoms with Crippen molar-refractivity contribution >= 4 is 73.9 Å². The molecule has 1 fully saturated rings. The van der Waals surface area contributed by atoms with Crippen molar-refractivity contribution in [1.29, 1.82) is 0 Å². The lowest BCUT2D eigenvalue weighted by atomic mass is 9.94. The number of rotatable bonds is 13. The molecule has 3 aromatic carbocycles. The van der Waals surface area contributed by atoms with Crippen LogP contribution < -0.4 is 9.62 Å². The number of hydrogen-bond acceptors (Lipinski definition) is 4. The highest BCUT2D eigenvalue weighted by molar-refractivity contribution is 7.92. The van der Waals surface area contributed by atoms with Crippen LogP contribution in [0.15, 0.2) is 66.7 Å². The molecule has 1 N–H and O–H groups in total. The van der Waals surface area contributed by atoms with Gasteiger partial charge in [-0.15, -0.1) is 0 Å². The van der Waals surface area contributed by atoms with E-state index in [9.17, 15) is 18.0 Å². The molecule has 12 heteroatoms. The van der Waals surface area contributed by atoms with Crippen LogP contribution in [0.2, 0.25) is 20.1 Å². The molecule has 0 saturated heterocycles. The van der Waals surface area contributed by atoms with E-state index < -0.39 is 16.1 Å². The Labute approximate surface area is 285 Å². The van der Waals surface area contributed by atoms with Gasteiger partial charge in [-0.25, -0.2) is 8.42 Å². The molecule has 1 aliphatic carbocycles. The smallest absolute Gasteiger partial charge is 0.243 e. The summed E-state index contributed by atoms with van der Waals surface area (Å²) in [5.41, 5.74) is 1.65. The summed E-state index contributed by atoms with van der Waals surface area (Å²) in [6.45, 7) is -0.0220. The maximum Gasteiger partial charge on any atom is 0.243 e. The highest BCUT2D eigenvalue weighted by Crippen LogP contribution is 2.32. The molecule has 0 radical (unpaired) electrons. The van der Waals surface area contributed by atoms with Crippen LogP contribution >= 0.6 is 46.4 Å². The van der Waals surface area contributed by atoms with E-state index in [0.717, 1.165) is 48.2 Å². The van der Waals surface area contributed by atoms with Gasteiger partial charge in [0.05, 0.1) is 17.0 Å². The fourth-order valence-corrected chi connectivity index (χ4v) is 7.53. The normalized spacial score (nSPS) is 14.5.